The van der Waals surface area contributed by atoms with Gasteiger partial charge in [-0.1, -0.05) is 25.8 Å². The molecule has 0 fully saturated rings. The van der Waals surface area contributed by atoms with Crippen LogP contribution in [0.2, 0.25) is 0 Å². The van der Waals surface area contributed by atoms with Crippen LogP contribution in [0.5, 0.6) is 0 Å². The number of anilines is 1. The zero-order valence-corrected chi connectivity index (χ0v) is 18.2. The first-order chi connectivity index (χ1) is 14.1. The third-order valence-corrected chi connectivity index (χ3v) is 6.39. The van der Waals surface area contributed by atoms with Crippen molar-refractivity contribution in [2.45, 2.75) is 53.5 Å². The van der Waals surface area contributed by atoms with Crippen molar-refractivity contribution in [3.63, 3.8) is 0 Å². The average Bonchev–Trinajstić information content (AvgIpc) is 3.24. The number of esters is 1. The Morgan fingerprint density at radius 2 is 2.17 bits per heavy atom. The number of thiophene rings is 1. The highest BCUT2D eigenvalue weighted by Gasteiger charge is 2.34. The molecule has 0 aliphatic heterocycles. The number of nitro groups is 1. The Balaban J connectivity index is 1.84. The minimum absolute atomic E-state index is 0.150. The van der Waals surface area contributed by atoms with Crippen LogP contribution in [0, 0.1) is 21.4 Å². The smallest absolute Gasteiger partial charge is 0.462 e. The summed E-state index contributed by atoms with van der Waals surface area (Å²) in [6, 6.07) is 0. The highest BCUT2D eigenvalue weighted by Crippen LogP contribution is 2.44. The van der Waals surface area contributed by atoms with Gasteiger partial charge >= 0.3 is 11.9 Å². The van der Waals surface area contributed by atoms with Crippen molar-refractivity contribution in [3.05, 3.63) is 32.4 Å². The second-order valence-electron chi connectivity index (χ2n) is 8.28. The van der Waals surface area contributed by atoms with Gasteiger partial charge in [0, 0.05) is 9.98 Å². The fourth-order valence-electron chi connectivity index (χ4n) is 3.59. The lowest BCUT2D eigenvalue weighted by Gasteiger charge is -2.33. The maximum Gasteiger partial charge on any atom is 0.490 e. The number of amides is 1. The minimum atomic E-state index is -0.730. The molecule has 2 heterocycles. The number of ether oxygens (including phenoxy) is 1. The molecule has 3 rings (SSSR count). The molecule has 1 atom stereocenters. The number of hydrogen-bond donors (Lipinski definition) is 1. The number of nitrogens with zero attached hydrogens (tertiary/aromatic N) is 4. The van der Waals surface area contributed by atoms with Gasteiger partial charge in [0.2, 0.25) is 12.2 Å². The van der Waals surface area contributed by atoms with Crippen molar-refractivity contribution >= 4 is 34.2 Å². The summed E-state index contributed by atoms with van der Waals surface area (Å²) in [5.41, 5.74) is 1.52. The van der Waals surface area contributed by atoms with Gasteiger partial charge in [0.25, 0.3) is 0 Å². The second kappa shape index (κ2) is 8.50. The summed E-state index contributed by atoms with van der Waals surface area (Å²) in [6.45, 7) is 8.36. The SMILES string of the molecule is CCOC(=O)c1c(NC(=O)Cn2cnc([N+](=O)[O-])n2)sc2c1CC[C@@H](C(C)(C)C)C2. The topological polar surface area (TPSA) is 129 Å². The lowest BCUT2D eigenvalue weighted by molar-refractivity contribution is -0.394. The molecule has 162 valence electrons. The van der Waals surface area contributed by atoms with Gasteiger partial charge < -0.3 is 20.2 Å². The molecule has 0 saturated heterocycles. The van der Waals surface area contributed by atoms with E-state index in [4.69, 9.17) is 4.74 Å². The molecule has 1 N–H and O–H groups in total. The van der Waals surface area contributed by atoms with E-state index in [0.717, 1.165) is 40.7 Å². The predicted molar refractivity (Wildman–Crippen MR) is 111 cm³/mol. The summed E-state index contributed by atoms with van der Waals surface area (Å²) in [4.78, 5) is 39.7. The Labute approximate surface area is 177 Å². The average molecular weight is 436 g/mol. The van der Waals surface area contributed by atoms with Crippen LogP contribution in [-0.2, 0) is 28.9 Å². The number of nitrogens with one attached hydrogen (secondary N) is 1. The van der Waals surface area contributed by atoms with Crippen molar-refractivity contribution in [1.29, 1.82) is 0 Å². The lowest BCUT2D eigenvalue weighted by Crippen LogP contribution is -2.26. The molecule has 1 amide bonds. The molecule has 0 radical (unpaired) electrons. The second-order valence-corrected chi connectivity index (χ2v) is 9.39. The molecular formula is C19H25N5O5S. The Bertz CT molecular complexity index is 975. The molecule has 2 aromatic heterocycles. The third-order valence-electron chi connectivity index (χ3n) is 5.22. The van der Waals surface area contributed by atoms with E-state index >= 15 is 0 Å². The normalized spacial score (nSPS) is 16.1. The molecule has 30 heavy (non-hydrogen) atoms. The quantitative estimate of drug-likeness (QED) is 0.419. The maximum atomic E-state index is 12.6. The molecule has 11 heteroatoms. The van der Waals surface area contributed by atoms with E-state index in [9.17, 15) is 19.7 Å². The van der Waals surface area contributed by atoms with E-state index in [1.54, 1.807) is 6.92 Å². The van der Waals surface area contributed by atoms with E-state index in [1.807, 2.05) is 0 Å². The van der Waals surface area contributed by atoms with Crippen LogP contribution in [0.15, 0.2) is 6.33 Å². The van der Waals surface area contributed by atoms with Crippen molar-refractivity contribution in [1.82, 2.24) is 14.8 Å². The van der Waals surface area contributed by atoms with Gasteiger partial charge in [-0.15, -0.1) is 11.3 Å². The summed E-state index contributed by atoms with van der Waals surface area (Å²) < 4.78 is 6.31. The number of fused-ring (bicyclic) bond motifs is 1. The molecule has 0 aromatic carbocycles. The van der Waals surface area contributed by atoms with Crippen LogP contribution < -0.4 is 5.32 Å². The van der Waals surface area contributed by atoms with Crippen LogP contribution in [0.3, 0.4) is 0 Å². The van der Waals surface area contributed by atoms with Gasteiger partial charge in [-0.05, 0) is 48.0 Å². The van der Waals surface area contributed by atoms with E-state index < -0.39 is 22.7 Å². The first-order valence-corrected chi connectivity index (χ1v) is 10.6. The Kier molecular flexibility index (Phi) is 6.20. The Hall–Kier alpha value is -2.82. The standard InChI is InChI=1S/C19H25N5O5S/c1-5-29-17(26)15-12-7-6-11(19(2,3)4)8-13(12)30-16(15)21-14(25)9-23-10-20-18(22-23)24(27)28/h10-11H,5-9H2,1-4H3,(H,21,25)/t11-/m1/s1. The maximum absolute atomic E-state index is 12.6. The van der Waals surface area contributed by atoms with Crippen LogP contribution in [-0.4, -0.2) is 38.2 Å². The number of rotatable bonds is 6. The van der Waals surface area contributed by atoms with E-state index in [-0.39, 0.29) is 18.6 Å². The third kappa shape index (κ3) is 4.66. The van der Waals surface area contributed by atoms with Crippen LogP contribution >= 0.6 is 11.3 Å². The van der Waals surface area contributed by atoms with Crippen molar-refractivity contribution in [2.75, 3.05) is 11.9 Å². The van der Waals surface area contributed by atoms with E-state index in [1.165, 1.54) is 11.3 Å². The van der Waals surface area contributed by atoms with Gasteiger partial charge in [0.05, 0.1) is 12.2 Å². The first-order valence-electron chi connectivity index (χ1n) is 9.75. The summed E-state index contributed by atoms with van der Waals surface area (Å²) in [5, 5.41) is 17.6. The molecule has 0 spiro atoms. The van der Waals surface area contributed by atoms with Crippen molar-refractivity contribution < 1.29 is 19.2 Å². The van der Waals surface area contributed by atoms with Crippen molar-refractivity contribution in [3.8, 4) is 0 Å². The minimum Gasteiger partial charge on any atom is -0.462 e. The molecular weight excluding hydrogens is 410 g/mol. The Morgan fingerprint density at radius 1 is 1.43 bits per heavy atom. The fourth-order valence-corrected chi connectivity index (χ4v) is 4.92. The number of aromatic nitrogens is 3. The molecule has 2 aromatic rings. The summed E-state index contributed by atoms with van der Waals surface area (Å²) in [5.74, 6) is -0.991. The molecule has 1 aliphatic rings. The zero-order valence-electron chi connectivity index (χ0n) is 17.4. The molecule has 10 nitrogen and oxygen atoms in total. The zero-order chi connectivity index (χ0) is 22.1. The van der Waals surface area contributed by atoms with E-state index in [0.29, 0.717) is 16.5 Å². The largest absolute Gasteiger partial charge is 0.490 e. The van der Waals surface area contributed by atoms with Crippen LogP contribution in [0.1, 0.15) is 54.9 Å². The van der Waals surface area contributed by atoms with Gasteiger partial charge in [-0.2, -0.15) is 4.68 Å². The monoisotopic (exact) mass is 435 g/mol. The molecule has 0 unspecified atom stereocenters. The summed E-state index contributed by atoms with van der Waals surface area (Å²) in [6.07, 6.45) is 3.70. The van der Waals surface area contributed by atoms with Gasteiger partial charge in [0.15, 0.2) is 0 Å². The highest BCUT2D eigenvalue weighted by molar-refractivity contribution is 7.17. The van der Waals surface area contributed by atoms with Crippen molar-refractivity contribution in [2.24, 2.45) is 11.3 Å². The van der Waals surface area contributed by atoms with Gasteiger partial charge in [0.1, 0.15) is 11.5 Å². The first kappa shape index (κ1) is 21.9. The van der Waals surface area contributed by atoms with Crippen LogP contribution in [0.25, 0.3) is 0 Å². The fraction of sp³-hybridized carbons (Fsp3) is 0.579. The number of hydrogen-bond acceptors (Lipinski definition) is 8. The van der Waals surface area contributed by atoms with Gasteiger partial charge in [-0.25, -0.2) is 4.79 Å². The number of carbonyl (C=O) groups is 2. The Morgan fingerprint density at radius 3 is 2.77 bits per heavy atom. The van der Waals surface area contributed by atoms with E-state index in [2.05, 4.69) is 36.2 Å². The lowest BCUT2D eigenvalue weighted by atomic mass is 9.72. The number of carbonyl (C=O) groups excluding carboxylic acids is 2. The predicted octanol–water partition coefficient (Wildman–Crippen LogP) is 3.21. The molecule has 0 bridgehead atoms. The van der Waals surface area contributed by atoms with Crippen LogP contribution in [0.4, 0.5) is 10.9 Å². The summed E-state index contributed by atoms with van der Waals surface area (Å²) >= 11 is 1.40. The molecule has 1 aliphatic carbocycles. The molecule has 0 saturated carbocycles. The highest BCUT2D eigenvalue weighted by atomic mass is 32.1. The summed E-state index contributed by atoms with van der Waals surface area (Å²) in [7, 11) is 0. The van der Waals surface area contributed by atoms with Gasteiger partial charge in [-0.3, -0.25) is 4.79 Å².